The van der Waals surface area contributed by atoms with E-state index in [0.717, 1.165) is 149 Å². The summed E-state index contributed by atoms with van der Waals surface area (Å²) in [7, 11) is -1.70. The molecule has 0 amide bonds. The van der Waals surface area contributed by atoms with Gasteiger partial charge in [0.05, 0.1) is 75.4 Å². The van der Waals surface area contributed by atoms with Gasteiger partial charge in [-0.15, -0.1) is 0 Å². The van der Waals surface area contributed by atoms with Crippen molar-refractivity contribution in [3.05, 3.63) is 36.4 Å². The molecule has 0 heterocycles. The molecule has 0 aliphatic carbocycles. The fourth-order valence-corrected chi connectivity index (χ4v) is 9.31. The van der Waals surface area contributed by atoms with E-state index in [1.165, 1.54) is 0 Å². The van der Waals surface area contributed by atoms with Crippen LogP contribution in [0.5, 0.6) is 51.7 Å². The van der Waals surface area contributed by atoms with Crippen LogP contribution in [0.25, 0.3) is 0 Å². The molecular weight excluding hydrogens is 824 g/mol. The molecule has 0 bridgehead atoms. The van der Waals surface area contributed by atoms with E-state index < -0.39 is 7.92 Å². The quantitative estimate of drug-likeness (QED) is 0.0410. The first-order valence-corrected chi connectivity index (χ1v) is 26.8. The molecule has 3 aromatic carbocycles. The summed E-state index contributed by atoms with van der Waals surface area (Å²) in [6, 6.07) is 12.4. The molecule has 0 aromatic heterocycles. The van der Waals surface area contributed by atoms with Gasteiger partial charge in [-0.25, -0.2) is 0 Å². The van der Waals surface area contributed by atoms with Crippen LogP contribution in [0.2, 0.25) is 0 Å². The monoisotopic (exact) mass is 911 g/mol. The Morgan fingerprint density at radius 2 is 0.406 bits per heavy atom. The minimum absolute atomic E-state index is 0.535. The summed E-state index contributed by atoms with van der Waals surface area (Å²) in [4.78, 5) is 0. The normalized spacial score (nSPS) is 11.2. The fraction of sp³-hybridized carbons (Fsp3) is 0.667. The second-order valence-corrected chi connectivity index (χ2v) is 18.5. The van der Waals surface area contributed by atoms with E-state index >= 15 is 0 Å². The van der Waals surface area contributed by atoms with Crippen molar-refractivity contribution >= 4 is 23.8 Å². The molecule has 0 unspecified atom stereocenters. The molecule has 0 atom stereocenters. The third kappa shape index (κ3) is 18.6. The largest absolute Gasteiger partial charge is 0.493 e. The topological polar surface area (TPSA) is 83.1 Å². The van der Waals surface area contributed by atoms with Gasteiger partial charge < -0.3 is 42.6 Å². The number of rotatable bonds is 39. The highest BCUT2D eigenvalue weighted by Gasteiger charge is 2.37. The van der Waals surface area contributed by atoms with Gasteiger partial charge in [0.2, 0.25) is 0 Å². The van der Waals surface area contributed by atoms with Gasteiger partial charge in [-0.05, 0) is 57.8 Å². The van der Waals surface area contributed by atoms with Crippen LogP contribution in [0.15, 0.2) is 36.4 Å². The molecule has 0 fully saturated rings. The molecule has 0 spiro atoms. The first-order valence-electron chi connectivity index (χ1n) is 25.4. The van der Waals surface area contributed by atoms with Crippen LogP contribution in [-0.2, 0) is 0 Å². The smallest absolute Gasteiger partial charge is 0.135 e. The Morgan fingerprint density at radius 3 is 0.562 bits per heavy atom. The maximum absolute atomic E-state index is 6.97. The molecule has 0 N–H and O–H groups in total. The Kier molecular flexibility index (Phi) is 28.8. The molecule has 9 nitrogen and oxygen atoms in total. The van der Waals surface area contributed by atoms with E-state index in [1.807, 2.05) is 0 Å². The van der Waals surface area contributed by atoms with E-state index in [9.17, 15) is 0 Å². The standard InChI is InChI=1S/C54H87O9P/c1-10-19-28-55-43-37-46(58-31-22-13-4)52(47(38-43)59-32-23-14-5)64(53-48(60-33-24-15-6)39-44(56-29-20-11-2)40-49(53)61-34-25-16-7)54-50(62-35-26-17-8)41-45(57-30-21-12-3)42-51(54)63-36-27-18-9/h37-42H,10-36H2,1-9H3. The number of hydrogen-bond donors (Lipinski definition) is 0. The Balaban J connectivity index is 2.71. The molecule has 0 aliphatic heterocycles. The third-order valence-corrected chi connectivity index (χ3v) is 13.2. The Labute approximate surface area is 390 Å². The molecule has 0 aliphatic rings. The van der Waals surface area contributed by atoms with Crippen LogP contribution in [-0.4, -0.2) is 59.5 Å². The van der Waals surface area contributed by atoms with E-state index in [0.29, 0.717) is 94.0 Å². The van der Waals surface area contributed by atoms with Crippen LogP contribution in [0, 0.1) is 0 Å². The highest BCUT2D eigenvalue weighted by Crippen LogP contribution is 2.52. The highest BCUT2D eigenvalue weighted by atomic mass is 31.1. The summed E-state index contributed by atoms with van der Waals surface area (Å²) in [6.45, 7) is 24.7. The van der Waals surface area contributed by atoms with Crippen LogP contribution in [0.4, 0.5) is 0 Å². The van der Waals surface area contributed by atoms with E-state index in [-0.39, 0.29) is 0 Å². The predicted octanol–water partition coefficient (Wildman–Crippen LogP) is 14.1. The van der Waals surface area contributed by atoms with Gasteiger partial charge in [0.25, 0.3) is 0 Å². The van der Waals surface area contributed by atoms with Crippen molar-refractivity contribution in [2.45, 2.75) is 178 Å². The fourth-order valence-electron chi connectivity index (χ4n) is 6.54. The summed E-state index contributed by atoms with van der Waals surface area (Å²) in [5.41, 5.74) is 0. The van der Waals surface area contributed by atoms with Crippen LogP contribution in [0.1, 0.15) is 178 Å². The summed E-state index contributed by atoms with van der Waals surface area (Å²) in [6.07, 6.45) is 17.2. The van der Waals surface area contributed by atoms with Crippen molar-refractivity contribution in [1.82, 2.24) is 0 Å². The van der Waals surface area contributed by atoms with Crippen molar-refractivity contribution in [2.75, 3.05) is 59.5 Å². The van der Waals surface area contributed by atoms with Gasteiger partial charge in [-0.3, -0.25) is 0 Å². The van der Waals surface area contributed by atoms with Crippen molar-refractivity contribution in [2.24, 2.45) is 0 Å². The summed E-state index contributed by atoms with van der Waals surface area (Å²) >= 11 is 0. The average Bonchev–Trinajstić information content (AvgIpc) is 3.29. The Morgan fingerprint density at radius 1 is 0.250 bits per heavy atom. The van der Waals surface area contributed by atoms with Crippen molar-refractivity contribution in [3.63, 3.8) is 0 Å². The first-order chi connectivity index (χ1) is 31.4. The van der Waals surface area contributed by atoms with Gasteiger partial charge in [0.1, 0.15) is 51.7 Å². The SMILES string of the molecule is CCCCOc1cc(OCCCC)c(P(c2c(OCCCC)cc(OCCCC)cc2OCCCC)c2c(OCCCC)cc(OCCCC)cc2OCCCC)c(OCCCC)c1. The molecule has 3 aromatic rings. The number of unbranched alkanes of at least 4 members (excludes halogenated alkanes) is 9. The lowest BCUT2D eigenvalue weighted by atomic mass is 10.2. The molecular formula is C54H87O9P. The third-order valence-electron chi connectivity index (χ3n) is 10.5. The zero-order valence-corrected chi connectivity index (χ0v) is 42.6. The van der Waals surface area contributed by atoms with E-state index in [4.69, 9.17) is 42.6 Å². The minimum atomic E-state index is -1.70. The summed E-state index contributed by atoms with van der Waals surface area (Å²) < 4.78 is 61.3. The minimum Gasteiger partial charge on any atom is -0.493 e. The average molecular weight is 911 g/mol. The lowest BCUT2D eigenvalue weighted by Crippen LogP contribution is -2.29. The lowest BCUT2D eigenvalue weighted by molar-refractivity contribution is 0.282. The lowest BCUT2D eigenvalue weighted by Gasteiger charge is -2.31. The van der Waals surface area contributed by atoms with Gasteiger partial charge in [-0.1, -0.05) is 120 Å². The second kappa shape index (κ2) is 33.7. The summed E-state index contributed by atoms with van der Waals surface area (Å²) in [5, 5.41) is 2.72. The van der Waals surface area contributed by atoms with Gasteiger partial charge in [0.15, 0.2) is 0 Å². The highest BCUT2D eigenvalue weighted by molar-refractivity contribution is 7.81. The van der Waals surface area contributed by atoms with Crippen LogP contribution < -0.4 is 58.5 Å². The van der Waals surface area contributed by atoms with E-state index in [2.05, 4.69) is 98.7 Å². The Hall–Kier alpha value is -3.71. The van der Waals surface area contributed by atoms with Crippen LogP contribution in [0.3, 0.4) is 0 Å². The zero-order chi connectivity index (χ0) is 46.2. The maximum atomic E-state index is 6.97. The number of hydrogen-bond acceptors (Lipinski definition) is 9. The predicted molar refractivity (Wildman–Crippen MR) is 269 cm³/mol. The first kappa shape index (κ1) is 54.6. The number of ether oxygens (including phenoxy) is 9. The molecule has 10 heteroatoms. The van der Waals surface area contributed by atoms with Gasteiger partial charge in [0, 0.05) is 44.3 Å². The molecule has 64 heavy (non-hydrogen) atoms. The molecule has 0 saturated heterocycles. The molecule has 0 radical (unpaired) electrons. The van der Waals surface area contributed by atoms with Crippen LogP contribution >= 0.6 is 7.92 Å². The van der Waals surface area contributed by atoms with Crippen molar-refractivity contribution < 1.29 is 42.6 Å². The molecule has 3 rings (SSSR count). The number of benzene rings is 3. The van der Waals surface area contributed by atoms with Gasteiger partial charge >= 0.3 is 0 Å². The Bertz CT molecular complexity index is 1390. The molecule has 0 saturated carbocycles. The molecule has 362 valence electrons. The van der Waals surface area contributed by atoms with Crippen molar-refractivity contribution in [3.8, 4) is 51.7 Å². The van der Waals surface area contributed by atoms with Crippen molar-refractivity contribution in [1.29, 1.82) is 0 Å². The second-order valence-electron chi connectivity index (χ2n) is 16.5. The summed E-state index contributed by atoms with van der Waals surface area (Å²) in [5.74, 6) is 6.45. The van der Waals surface area contributed by atoms with E-state index in [1.54, 1.807) is 0 Å². The zero-order valence-electron chi connectivity index (χ0n) is 41.7. The van der Waals surface area contributed by atoms with Gasteiger partial charge in [-0.2, -0.15) is 0 Å². The maximum Gasteiger partial charge on any atom is 0.135 e.